The smallest absolute Gasteiger partial charge is 0.225 e. The zero-order valence-corrected chi connectivity index (χ0v) is 8.19. The van der Waals surface area contributed by atoms with Crippen molar-refractivity contribution in [3.8, 4) is 0 Å². The number of hydrogen-bond donors (Lipinski definition) is 2. The van der Waals surface area contributed by atoms with Gasteiger partial charge in [-0.3, -0.25) is 4.79 Å². The molecule has 4 N–H and O–H groups in total. The van der Waals surface area contributed by atoms with Gasteiger partial charge in [-0.25, -0.2) is 4.98 Å². The average molecular weight is 195 g/mol. The molecule has 0 atom stereocenters. The van der Waals surface area contributed by atoms with Crippen LogP contribution in [0.1, 0.15) is 31.4 Å². The van der Waals surface area contributed by atoms with Crippen molar-refractivity contribution in [2.75, 3.05) is 5.73 Å². The zero-order valence-electron chi connectivity index (χ0n) is 8.19. The minimum Gasteiger partial charge on any atom is -0.369 e. The lowest BCUT2D eigenvalue weighted by Gasteiger charge is -2.05. The number of carbonyl (C=O) groups is 1. The van der Waals surface area contributed by atoms with Gasteiger partial charge >= 0.3 is 0 Å². The Kier molecular flexibility index (Phi) is 2.95. The van der Waals surface area contributed by atoms with Gasteiger partial charge in [-0.15, -0.1) is 0 Å². The van der Waals surface area contributed by atoms with Crippen molar-refractivity contribution in [2.45, 2.75) is 26.2 Å². The zero-order chi connectivity index (χ0) is 10.7. The van der Waals surface area contributed by atoms with E-state index < -0.39 is 5.91 Å². The molecule has 1 aromatic rings. The molecule has 0 radical (unpaired) electrons. The molecule has 6 heteroatoms. The Labute approximate surface area is 81.8 Å². The lowest BCUT2D eigenvalue weighted by atomic mass is 10.2. The summed E-state index contributed by atoms with van der Waals surface area (Å²) in [7, 11) is 0. The van der Waals surface area contributed by atoms with Crippen LogP contribution in [0.15, 0.2) is 0 Å². The molecule has 76 valence electrons. The summed E-state index contributed by atoms with van der Waals surface area (Å²) in [5.41, 5.74) is 10.5. The standard InChI is InChI=1S/C8H13N5O/c1-4(2)7-11-6(3-5(9)14)12-8(10)13-7/h4H,3H2,1-2H3,(H2,9,14)(H2,10,11,12,13). The highest BCUT2D eigenvalue weighted by molar-refractivity contribution is 5.75. The highest BCUT2D eigenvalue weighted by atomic mass is 16.1. The van der Waals surface area contributed by atoms with Crippen molar-refractivity contribution in [1.29, 1.82) is 0 Å². The van der Waals surface area contributed by atoms with Gasteiger partial charge in [-0.2, -0.15) is 9.97 Å². The highest BCUT2D eigenvalue weighted by Crippen LogP contribution is 2.09. The molecule has 0 bridgehead atoms. The number of primary amides is 1. The monoisotopic (exact) mass is 195 g/mol. The number of anilines is 1. The second kappa shape index (κ2) is 3.99. The topological polar surface area (TPSA) is 108 Å². The van der Waals surface area contributed by atoms with Crippen LogP contribution in [0.5, 0.6) is 0 Å². The minimum absolute atomic E-state index is 0.00750. The molecule has 0 fully saturated rings. The summed E-state index contributed by atoms with van der Waals surface area (Å²) in [5.74, 6) is 0.694. The Hall–Kier alpha value is -1.72. The first kappa shape index (κ1) is 10.4. The van der Waals surface area contributed by atoms with E-state index in [1.165, 1.54) is 0 Å². The lowest BCUT2D eigenvalue weighted by molar-refractivity contribution is -0.117. The van der Waals surface area contributed by atoms with Gasteiger partial charge in [0, 0.05) is 5.92 Å². The minimum atomic E-state index is -0.481. The van der Waals surface area contributed by atoms with Crippen LogP contribution in [0.4, 0.5) is 5.95 Å². The molecule has 6 nitrogen and oxygen atoms in total. The van der Waals surface area contributed by atoms with E-state index in [1.807, 2.05) is 13.8 Å². The van der Waals surface area contributed by atoms with Crippen molar-refractivity contribution in [1.82, 2.24) is 15.0 Å². The molecule has 14 heavy (non-hydrogen) atoms. The first-order chi connectivity index (χ1) is 6.49. The molecule has 0 saturated carbocycles. The number of amides is 1. The molecule has 0 aliphatic rings. The van der Waals surface area contributed by atoms with E-state index in [0.717, 1.165) is 0 Å². The van der Waals surface area contributed by atoms with E-state index in [0.29, 0.717) is 11.6 Å². The van der Waals surface area contributed by atoms with E-state index in [-0.39, 0.29) is 18.3 Å². The van der Waals surface area contributed by atoms with Crippen LogP contribution in [-0.4, -0.2) is 20.9 Å². The van der Waals surface area contributed by atoms with Gasteiger partial charge in [0.15, 0.2) is 0 Å². The second-order valence-electron chi connectivity index (χ2n) is 3.27. The molecular formula is C8H13N5O. The Bertz CT molecular complexity index is 350. The fourth-order valence-electron chi connectivity index (χ4n) is 0.950. The molecule has 1 rings (SSSR count). The molecule has 1 aromatic heterocycles. The van der Waals surface area contributed by atoms with Gasteiger partial charge in [-0.1, -0.05) is 13.8 Å². The number of carbonyl (C=O) groups excluding carboxylic acids is 1. The Morgan fingerprint density at radius 2 is 2.00 bits per heavy atom. The van der Waals surface area contributed by atoms with E-state index >= 15 is 0 Å². The maximum Gasteiger partial charge on any atom is 0.225 e. The summed E-state index contributed by atoms with van der Waals surface area (Å²) in [6.07, 6.45) is -0.00750. The van der Waals surface area contributed by atoms with Gasteiger partial charge < -0.3 is 11.5 Å². The van der Waals surface area contributed by atoms with E-state index in [9.17, 15) is 4.79 Å². The molecular weight excluding hydrogens is 182 g/mol. The number of nitrogens with two attached hydrogens (primary N) is 2. The number of hydrogen-bond acceptors (Lipinski definition) is 5. The van der Waals surface area contributed by atoms with E-state index in [4.69, 9.17) is 11.5 Å². The van der Waals surface area contributed by atoms with Crippen LogP contribution >= 0.6 is 0 Å². The summed E-state index contributed by atoms with van der Waals surface area (Å²) < 4.78 is 0. The fourth-order valence-corrected chi connectivity index (χ4v) is 0.950. The Balaban J connectivity index is 3.01. The van der Waals surface area contributed by atoms with Gasteiger partial charge in [-0.05, 0) is 0 Å². The second-order valence-corrected chi connectivity index (χ2v) is 3.27. The number of nitrogen functional groups attached to an aromatic ring is 1. The van der Waals surface area contributed by atoms with E-state index in [2.05, 4.69) is 15.0 Å². The number of rotatable bonds is 3. The van der Waals surface area contributed by atoms with Crippen molar-refractivity contribution in [2.24, 2.45) is 5.73 Å². The molecule has 0 aromatic carbocycles. The number of nitrogens with zero attached hydrogens (tertiary/aromatic N) is 3. The predicted octanol–water partition coefficient (Wildman–Crippen LogP) is -0.395. The fraction of sp³-hybridized carbons (Fsp3) is 0.500. The largest absolute Gasteiger partial charge is 0.369 e. The first-order valence-electron chi connectivity index (χ1n) is 4.27. The van der Waals surface area contributed by atoms with Crippen LogP contribution in [0, 0.1) is 0 Å². The van der Waals surface area contributed by atoms with Crippen molar-refractivity contribution in [3.05, 3.63) is 11.6 Å². The van der Waals surface area contributed by atoms with Crippen LogP contribution in [0.3, 0.4) is 0 Å². The van der Waals surface area contributed by atoms with Gasteiger partial charge in [0.1, 0.15) is 11.6 Å². The SMILES string of the molecule is CC(C)c1nc(N)nc(CC(N)=O)n1. The van der Waals surface area contributed by atoms with Crippen LogP contribution in [0.25, 0.3) is 0 Å². The highest BCUT2D eigenvalue weighted by Gasteiger charge is 2.09. The van der Waals surface area contributed by atoms with Crippen LogP contribution in [0.2, 0.25) is 0 Å². The predicted molar refractivity (Wildman–Crippen MR) is 51.2 cm³/mol. The van der Waals surface area contributed by atoms with Crippen molar-refractivity contribution >= 4 is 11.9 Å². The third kappa shape index (κ3) is 2.65. The van der Waals surface area contributed by atoms with Gasteiger partial charge in [0.25, 0.3) is 0 Å². The normalized spacial score (nSPS) is 10.5. The summed E-state index contributed by atoms with van der Waals surface area (Å²) >= 11 is 0. The summed E-state index contributed by atoms with van der Waals surface area (Å²) in [6.45, 7) is 3.87. The molecule has 0 unspecified atom stereocenters. The molecule has 0 aliphatic carbocycles. The quantitative estimate of drug-likeness (QED) is 0.682. The van der Waals surface area contributed by atoms with Crippen molar-refractivity contribution < 1.29 is 4.79 Å². The van der Waals surface area contributed by atoms with E-state index in [1.54, 1.807) is 0 Å². The lowest BCUT2D eigenvalue weighted by Crippen LogP contribution is -2.18. The molecule has 0 saturated heterocycles. The first-order valence-corrected chi connectivity index (χ1v) is 4.27. The molecule has 0 aliphatic heterocycles. The summed E-state index contributed by atoms with van der Waals surface area (Å²) in [4.78, 5) is 22.5. The van der Waals surface area contributed by atoms with Crippen molar-refractivity contribution in [3.63, 3.8) is 0 Å². The maximum absolute atomic E-state index is 10.6. The Morgan fingerprint density at radius 1 is 1.36 bits per heavy atom. The average Bonchev–Trinajstić information content (AvgIpc) is 2.01. The Morgan fingerprint density at radius 3 is 2.50 bits per heavy atom. The third-order valence-electron chi connectivity index (χ3n) is 1.57. The van der Waals surface area contributed by atoms with Crippen LogP contribution < -0.4 is 11.5 Å². The third-order valence-corrected chi connectivity index (χ3v) is 1.57. The summed E-state index contributed by atoms with van der Waals surface area (Å²) in [6, 6.07) is 0. The van der Waals surface area contributed by atoms with Gasteiger partial charge in [0.2, 0.25) is 11.9 Å². The van der Waals surface area contributed by atoms with Gasteiger partial charge in [0.05, 0.1) is 6.42 Å². The van der Waals surface area contributed by atoms with Crippen LogP contribution in [-0.2, 0) is 11.2 Å². The summed E-state index contributed by atoms with van der Waals surface area (Å²) in [5, 5.41) is 0. The number of aromatic nitrogens is 3. The molecule has 1 heterocycles. The maximum atomic E-state index is 10.6. The molecule has 0 spiro atoms. The molecule has 1 amide bonds.